The van der Waals surface area contributed by atoms with E-state index >= 15 is 0 Å². The lowest BCUT2D eigenvalue weighted by atomic mass is 10.1. The maximum atomic E-state index is 13.4. The molecular weight excluding hydrogens is 199 g/mol. The summed E-state index contributed by atoms with van der Waals surface area (Å²) in [6.45, 7) is 0.339. The summed E-state index contributed by atoms with van der Waals surface area (Å²) in [5.74, 6) is -1.95. The van der Waals surface area contributed by atoms with Crippen molar-refractivity contribution in [2.24, 2.45) is 5.73 Å². The zero-order valence-corrected chi connectivity index (χ0v) is 7.87. The predicted molar refractivity (Wildman–Crippen MR) is 52.1 cm³/mol. The molecule has 0 aromatic heterocycles. The van der Waals surface area contributed by atoms with Crippen molar-refractivity contribution < 1.29 is 14.0 Å². The number of amides is 1. The lowest BCUT2D eigenvalue weighted by Gasteiger charge is -2.15. The molecule has 5 heteroatoms. The second-order valence-electron chi connectivity index (χ2n) is 3.21. The van der Waals surface area contributed by atoms with Crippen molar-refractivity contribution in [3.05, 3.63) is 29.6 Å². The largest absolute Gasteiger partial charge is 0.329 e. The Hall–Kier alpha value is -1.75. The molecule has 15 heavy (non-hydrogen) atoms. The van der Waals surface area contributed by atoms with Gasteiger partial charge in [0.05, 0.1) is 11.3 Å². The molecule has 0 atom stereocenters. The van der Waals surface area contributed by atoms with Gasteiger partial charge in [0.2, 0.25) is 0 Å². The summed E-state index contributed by atoms with van der Waals surface area (Å²) in [6, 6.07) is 4.06. The van der Waals surface area contributed by atoms with E-state index in [1.54, 1.807) is 0 Å². The van der Waals surface area contributed by atoms with Crippen molar-refractivity contribution in [2.75, 3.05) is 18.0 Å². The SMILES string of the molecule is NCCN1C(=O)C(=O)c2cccc(F)c21. The molecule has 1 amide bonds. The molecule has 0 saturated heterocycles. The number of ketones is 1. The number of anilines is 1. The fourth-order valence-electron chi connectivity index (χ4n) is 1.65. The number of Topliss-reactive ketones (excluding diaryl/α,β-unsaturated/α-hetero) is 1. The second kappa shape index (κ2) is 3.43. The monoisotopic (exact) mass is 208 g/mol. The molecule has 0 fully saturated rings. The summed E-state index contributed by atoms with van der Waals surface area (Å²) >= 11 is 0. The summed E-state index contributed by atoms with van der Waals surface area (Å²) in [5.41, 5.74) is 5.47. The van der Waals surface area contributed by atoms with Crippen LogP contribution in [0.3, 0.4) is 0 Å². The molecule has 1 aliphatic rings. The molecule has 1 heterocycles. The van der Waals surface area contributed by atoms with Gasteiger partial charge in [0.15, 0.2) is 0 Å². The van der Waals surface area contributed by atoms with Crippen molar-refractivity contribution in [1.82, 2.24) is 0 Å². The summed E-state index contributed by atoms with van der Waals surface area (Å²) in [7, 11) is 0. The van der Waals surface area contributed by atoms with E-state index in [1.165, 1.54) is 18.2 Å². The van der Waals surface area contributed by atoms with Crippen LogP contribution < -0.4 is 10.6 Å². The van der Waals surface area contributed by atoms with Crippen LogP contribution in [0.1, 0.15) is 10.4 Å². The second-order valence-corrected chi connectivity index (χ2v) is 3.21. The van der Waals surface area contributed by atoms with Crippen molar-refractivity contribution in [2.45, 2.75) is 0 Å². The highest BCUT2D eigenvalue weighted by molar-refractivity contribution is 6.52. The summed E-state index contributed by atoms with van der Waals surface area (Å²) in [6.07, 6.45) is 0. The van der Waals surface area contributed by atoms with Gasteiger partial charge in [0, 0.05) is 13.1 Å². The quantitative estimate of drug-likeness (QED) is 0.711. The van der Waals surface area contributed by atoms with Crippen molar-refractivity contribution in [3.63, 3.8) is 0 Å². The zero-order chi connectivity index (χ0) is 11.0. The highest BCUT2D eigenvalue weighted by atomic mass is 19.1. The van der Waals surface area contributed by atoms with Crippen molar-refractivity contribution >= 4 is 17.4 Å². The highest BCUT2D eigenvalue weighted by Crippen LogP contribution is 2.30. The van der Waals surface area contributed by atoms with Crippen LogP contribution >= 0.6 is 0 Å². The molecule has 0 unspecified atom stereocenters. The molecule has 2 rings (SSSR count). The molecule has 0 saturated carbocycles. The van der Waals surface area contributed by atoms with Gasteiger partial charge in [-0.1, -0.05) is 6.07 Å². The number of rotatable bonds is 2. The third kappa shape index (κ3) is 1.32. The van der Waals surface area contributed by atoms with E-state index in [2.05, 4.69) is 0 Å². The van der Waals surface area contributed by atoms with Crippen LogP contribution in [0.4, 0.5) is 10.1 Å². The van der Waals surface area contributed by atoms with Gasteiger partial charge in [-0.3, -0.25) is 9.59 Å². The summed E-state index contributed by atoms with van der Waals surface area (Å²) in [4.78, 5) is 24.0. The third-order valence-electron chi connectivity index (χ3n) is 2.29. The van der Waals surface area contributed by atoms with Gasteiger partial charge in [0.25, 0.3) is 11.7 Å². The average molecular weight is 208 g/mol. The van der Waals surface area contributed by atoms with Crippen molar-refractivity contribution in [3.8, 4) is 0 Å². The summed E-state index contributed by atoms with van der Waals surface area (Å²) in [5, 5.41) is 0. The molecule has 4 nitrogen and oxygen atoms in total. The Morgan fingerprint density at radius 2 is 2.07 bits per heavy atom. The average Bonchev–Trinajstić information content (AvgIpc) is 2.46. The van der Waals surface area contributed by atoms with E-state index in [0.717, 1.165) is 4.90 Å². The van der Waals surface area contributed by atoms with E-state index < -0.39 is 17.5 Å². The highest BCUT2D eigenvalue weighted by Gasteiger charge is 2.37. The van der Waals surface area contributed by atoms with E-state index in [9.17, 15) is 14.0 Å². The Kier molecular flexibility index (Phi) is 2.24. The van der Waals surface area contributed by atoms with Crippen LogP contribution in [-0.4, -0.2) is 24.8 Å². The Morgan fingerprint density at radius 1 is 1.33 bits per heavy atom. The fraction of sp³-hybridized carbons (Fsp3) is 0.200. The van der Waals surface area contributed by atoms with Crippen LogP contribution in [0.25, 0.3) is 0 Å². The molecule has 0 bridgehead atoms. The number of hydrogen-bond acceptors (Lipinski definition) is 3. The molecule has 1 aromatic carbocycles. The number of fused-ring (bicyclic) bond motifs is 1. The van der Waals surface area contributed by atoms with Gasteiger partial charge in [0.1, 0.15) is 5.82 Å². The van der Waals surface area contributed by atoms with E-state index in [-0.39, 0.29) is 24.3 Å². The lowest BCUT2D eigenvalue weighted by molar-refractivity contribution is -0.114. The number of carbonyl (C=O) groups is 2. The Balaban J connectivity index is 2.56. The first-order valence-corrected chi connectivity index (χ1v) is 4.51. The van der Waals surface area contributed by atoms with Gasteiger partial charge < -0.3 is 10.6 Å². The number of carbonyl (C=O) groups excluding carboxylic acids is 2. The number of halogens is 1. The zero-order valence-electron chi connectivity index (χ0n) is 7.87. The van der Waals surface area contributed by atoms with Crippen LogP contribution in [0.15, 0.2) is 18.2 Å². The first kappa shape index (κ1) is 9.79. The Bertz CT molecular complexity index is 445. The Morgan fingerprint density at radius 3 is 2.73 bits per heavy atom. The van der Waals surface area contributed by atoms with E-state index in [1.807, 2.05) is 0 Å². The third-order valence-corrected chi connectivity index (χ3v) is 2.29. The van der Waals surface area contributed by atoms with Gasteiger partial charge in [-0.05, 0) is 12.1 Å². The van der Waals surface area contributed by atoms with Gasteiger partial charge in [-0.2, -0.15) is 0 Å². The van der Waals surface area contributed by atoms with Gasteiger partial charge in [-0.15, -0.1) is 0 Å². The molecule has 0 radical (unpaired) electrons. The first-order valence-electron chi connectivity index (χ1n) is 4.51. The molecule has 2 N–H and O–H groups in total. The minimum absolute atomic E-state index is 0.0537. The van der Waals surface area contributed by atoms with Crippen LogP contribution in [0.5, 0.6) is 0 Å². The number of nitrogens with two attached hydrogens (primary N) is 1. The normalized spacial score (nSPS) is 14.7. The topological polar surface area (TPSA) is 63.4 Å². The molecule has 0 aliphatic carbocycles. The maximum Gasteiger partial charge on any atom is 0.299 e. The molecule has 0 spiro atoms. The van der Waals surface area contributed by atoms with E-state index in [4.69, 9.17) is 5.73 Å². The van der Waals surface area contributed by atoms with E-state index in [0.29, 0.717) is 0 Å². The minimum Gasteiger partial charge on any atom is -0.329 e. The molecule has 1 aliphatic heterocycles. The molecular formula is C10H9FN2O2. The standard InChI is InChI=1S/C10H9FN2O2/c11-7-3-1-2-6-8(7)13(5-4-12)10(15)9(6)14/h1-3H,4-5,12H2. The van der Waals surface area contributed by atoms with Gasteiger partial charge >= 0.3 is 0 Å². The molecule has 78 valence electrons. The summed E-state index contributed by atoms with van der Waals surface area (Å²) < 4.78 is 13.4. The smallest absolute Gasteiger partial charge is 0.299 e. The number of hydrogen-bond donors (Lipinski definition) is 1. The number of benzene rings is 1. The van der Waals surface area contributed by atoms with Crippen LogP contribution in [-0.2, 0) is 4.79 Å². The number of para-hydroxylation sites is 1. The van der Waals surface area contributed by atoms with Gasteiger partial charge in [-0.25, -0.2) is 4.39 Å². The maximum absolute atomic E-state index is 13.4. The molecule has 1 aromatic rings. The number of nitrogens with zero attached hydrogens (tertiary/aromatic N) is 1. The van der Waals surface area contributed by atoms with Crippen molar-refractivity contribution in [1.29, 1.82) is 0 Å². The minimum atomic E-state index is -0.708. The lowest BCUT2D eigenvalue weighted by Crippen LogP contribution is -2.34. The fourth-order valence-corrected chi connectivity index (χ4v) is 1.65. The predicted octanol–water partition coefficient (Wildman–Crippen LogP) is 0.314. The Labute approximate surface area is 85.5 Å². The first-order chi connectivity index (χ1) is 7.16. The van der Waals surface area contributed by atoms with Crippen LogP contribution in [0, 0.1) is 5.82 Å². The van der Waals surface area contributed by atoms with Crippen LogP contribution in [0.2, 0.25) is 0 Å².